The molecule has 0 bridgehead atoms. The number of carboxylic acids is 1. The van der Waals surface area contributed by atoms with Crippen molar-refractivity contribution in [2.24, 2.45) is 0 Å². The number of hydrogen-bond donors (Lipinski definition) is 1. The standard InChI is InChI=1S/C16H11N3O3S/c1-9-12-14(23-13(9)16(21)22)18-8-19(15(12)20)7-11-4-2-10(6-17)3-5-11/h2-5,8H,7H2,1H3,(H,21,22). The highest BCUT2D eigenvalue weighted by Crippen LogP contribution is 2.26. The predicted octanol–water partition coefficient (Wildman–Crippen LogP) is 2.38. The summed E-state index contributed by atoms with van der Waals surface area (Å²) in [4.78, 5) is 28.6. The molecule has 0 radical (unpaired) electrons. The number of fused-ring (bicyclic) bond motifs is 1. The lowest BCUT2D eigenvalue weighted by Crippen LogP contribution is -2.21. The van der Waals surface area contributed by atoms with Gasteiger partial charge >= 0.3 is 5.97 Å². The van der Waals surface area contributed by atoms with Crippen LogP contribution in [0.15, 0.2) is 35.4 Å². The van der Waals surface area contributed by atoms with Crippen LogP contribution >= 0.6 is 11.3 Å². The van der Waals surface area contributed by atoms with Gasteiger partial charge in [0, 0.05) is 0 Å². The molecule has 7 heteroatoms. The van der Waals surface area contributed by atoms with E-state index in [1.165, 1.54) is 10.9 Å². The second-order valence-corrected chi connectivity index (χ2v) is 6.03. The topological polar surface area (TPSA) is 96.0 Å². The van der Waals surface area contributed by atoms with E-state index in [-0.39, 0.29) is 10.4 Å². The van der Waals surface area contributed by atoms with Crippen LogP contribution in [-0.4, -0.2) is 20.6 Å². The molecular weight excluding hydrogens is 314 g/mol. The van der Waals surface area contributed by atoms with Gasteiger partial charge in [0.2, 0.25) is 0 Å². The summed E-state index contributed by atoms with van der Waals surface area (Å²) >= 11 is 1.01. The quantitative estimate of drug-likeness (QED) is 0.797. The van der Waals surface area contributed by atoms with E-state index >= 15 is 0 Å². The maximum absolute atomic E-state index is 12.6. The Morgan fingerprint density at radius 2 is 2.09 bits per heavy atom. The summed E-state index contributed by atoms with van der Waals surface area (Å²) < 4.78 is 1.44. The molecule has 0 aliphatic carbocycles. The van der Waals surface area contributed by atoms with Gasteiger partial charge in [0.1, 0.15) is 9.71 Å². The van der Waals surface area contributed by atoms with E-state index < -0.39 is 5.97 Å². The highest BCUT2D eigenvalue weighted by atomic mass is 32.1. The summed E-state index contributed by atoms with van der Waals surface area (Å²) in [6.07, 6.45) is 1.42. The van der Waals surface area contributed by atoms with Gasteiger partial charge in [-0.05, 0) is 30.2 Å². The SMILES string of the molecule is Cc1c(C(=O)O)sc2ncn(Cc3ccc(C#N)cc3)c(=O)c12. The Morgan fingerprint density at radius 1 is 1.39 bits per heavy atom. The minimum atomic E-state index is -1.05. The second-order valence-electron chi connectivity index (χ2n) is 5.03. The van der Waals surface area contributed by atoms with E-state index in [1.807, 2.05) is 6.07 Å². The van der Waals surface area contributed by atoms with Crippen LogP contribution in [-0.2, 0) is 6.54 Å². The molecule has 2 aromatic heterocycles. The van der Waals surface area contributed by atoms with E-state index in [0.29, 0.717) is 27.9 Å². The summed E-state index contributed by atoms with van der Waals surface area (Å²) in [6.45, 7) is 1.93. The van der Waals surface area contributed by atoms with Crippen LogP contribution in [0.4, 0.5) is 0 Å². The van der Waals surface area contributed by atoms with E-state index in [9.17, 15) is 9.59 Å². The molecule has 3 aromatic rings. The molecular formula is C16H11N3O3S. The van der Waals surface area contributed by atoms with Gasteiger partial charge < -0.3 is 5.11 Å². The molecule has 0 unspecified atom stereocenters. The number of hydrogen-bond acceptors (Lipinski definition) is 5. The number of nitriles is 1. The Morgan fingerprint density at radius 3 is 2.70 bits per heavy atom. The number of aryl methyl sites for hydroxylation is 1. The highest BCUT2D eigenvalue weighted by Gasteiger charge is 2.18. The minimum Gasteiger partial charge on any atom is -0.477 e. The first-order valence-corrected chi connectivity index (χ1v) is 7.53. The van der Waals surface area contributed by atoms with Crippen molar-refractivity contribution < 1.29 is 9.90 Å². The fourth-order valence-corrected chi connectivity index (χ4v) is 3.34. The average molecular weight is 325 g/mol. The summed E-state index contributed by atoms with van der Waals surface area (Å²) in [5.41, 5.74) is 1.60. The molecule has 0 aliphatic rings. The summed E-state index contributed by atoms with van der Waals surface area (Å²) in [7, 11) is 0. The molecule has 6 nitrogen and oxygen atoms in total. The van der Waals surface area contributed by atoms with Gasteiger partial charge in [0.15, 0.2) is 0 Å². The predicted molar refractivity (Wildman–Crippen MR) is 85.8 cm³/mol. The number of aromatic nitrogens is 2. The Labute approximate surface area is 134 Å². The number of carbonyl (C=O) groups is 1. The first kappa shape index (κ1) is 14.9. The van der Waals surface area contributed by atoms with Crippen molar-refractivity contribution in [1.29, 1.82) is 5.26 Å². The van der Waals surface area contributed by atoms with Crippen LogP contribution in [0, 0.1) is 18.3 Å². The highest BCUT2D eigenvalue weighted by molar-refractivity contribution is 7.20. The molecule has 2 heterocycles. The van der Waals surface area contributed by atoms with Gasteiger partial charge in [-0.15, -0.1) is 11.3 Å². The first-order chi connectivity index (χ1) is 11.0. The van der Waals surface area contributed by atoms with Crippen molar-refractivity contribution in [2.45, 2.75) is 13.5 Å². The van der Waals surface area contributed by atoms with Crippen LogP contribution in [0.3, 0.4) is 0 Å². The number of carboxylic acid groups (broad SMARTS) is 1. The average Bonchev–Trinajstić information content (AvgIpc) is 2.89. The third kappa shape index (κ3) is 2.60. The van der Waals surface area contributed by atoms with Crippen LogP contribution in [0.5, 0.6) is 0 Å². The molecule has 0 saturated carbocycles. The van der Waals surface area contributed by atoms with E-state index in [2.05, 4.69) is 4.98 Å². The lowest BCUT2D eigenvalue weighted by molar-refractivity contribution is 0.0701. The number of benzene rings is 1. The van der Waals surface area contributed by atoms with Gasteiger partial charge in [-0.2, -0.15) is 5.26 Å². The third-order valence-corrected chi connectivity index (χ3v) is 4.74. The van der Waals surface area contributed by atoms with Gasteiger partial charge in [0.25, 0.3) is 5.56 Å². The van der Waals surface area contributed by atoms with Gasteiger partial charge in [-0.3, -0.25) is 9.36 Å². The number of nitrogens with zero attached hydrogens (tertiary/aromatic N) is 3. The molecule has 0 spiro atoms. The van der Waals surface area contributed by atoms with Crippen molar-refractivity contribution in [2.75, 3.05) is 0 Å². The van der Waals surface area contributed by atoms with Crippen molar-refractivity contribution in [3.63, 3.8) is 0 Å². The van der Waals surface area contributed by atoms with Gasteiger partial charge in [-0.25, -0.2) is 9.78 Å². The molecule has 23 heavy (non-hydrogen) atoms. The molecule has 3 rings (SSSR count). The molecule has 0 aliphatic heterocycles. The number of thiophene rings is 1. The van der Waals surface area contributed by atoms with E-state index in [1.54, 1.807) is 31.2 Å². The number of aromatic carboxylic acids is 1. The fourth-order valence-electron chi connectivity index (χ4n) is 2.36. The lowest BCUT2D eigenvalue weighted by Gasteiger charge is -2.05. The van der Waals surface area contributed by atoms with Gasteiger partial charge in [-0.1, -0.05) is 12.1 Å². The van der Waals surface area contributed by atoms with Crippen LogP contribution in [0.1, 0.15) is 26.4 Å². The minimum absolute atomic E-state index is 0.140. The first-order valence-electron chi connectivity index (χ1n) is 6.72. The zero-order valence-corrected chi connectivity index (χ0v) is 12.9. The fraction of sp³-hybridized carbons (Fsp3) is 0.125. The largest absolute Gasteiger partial charge is 0.477 e. The maximum atomic E-state index is 12.6. The Bertz CT molecular complexity index is 1010. The normalized spacial score (nSPS) is 10.6. The zero-order chi connectivity index (χ0) is 16.6. The van der Waals surface area contributed by atoms with Crippen LogP contribution in [0.2, 0.25) is 0 Å². The van der Waals surface area contributed by atoms with E-state index in [0.717, 1.165) is 16.9 Å². The van der Waals surface area contributed by atoms with E-state index in [4.69, 9.17) is 10.4 Å². The van der Waals surface area contributed by atoms with Crippen molar-refractivity contribution in [3.05, 3.63) is 62.5 Å². The molecule has 1 N–H and O–H groups in total. The van der Waals surface area contributed by atoms with Crippen molar-refractivity contribution in [3.8, 4) is 6.07 Å². The molecule has 1 aromatic carbocycles. The van der Waals surface area contributed by atoms with Crippen LogP contribution < -0.4 is 5.56 Å². The molecule has 114 valence electrons. The molecule has 0 fully saturated rings. The van der Waals surface area contributed by atoms with Gasteiger partial charge in [0.05, 0.1) is 29.9 Å². The Balaban J connectivity index is 2.06. The number of rotatable bonds is 3. The third-order valence-electron chi connectivity index (χ3n) is 3.55. The Kier molecular flexibility index (Phi) is 3.68. The summed E-state index contributed by atoms with van der Waals surface area (Å²) in [5, 5.41) is 18.3. The molecule has 0 atom stereocenters. The van der Waals surface area contributed by atoms with Crippen molar-refractivity contribution in [1.82, 2.24) is 9.55 Å². The maximum Gasteiger partial charge on any atom is 0.346 e. The second kappa shape index (κ2) is 5.66. The van der Waals surface area contributed by atoms with Crippen molar-refractivity contribution >= 4 is 27.5 Å². The smallest absolute Gasteiger partial charge is 0.346 e. The Hall–Kier alpha value is -2.98. The lowest BCUT2D eigenvalue weighted by atomic mass is 10.1. The zero-order valence-electron chi connectivity index (χ0n) is 12.1. The van der Waals surface area contributed by atoms with Crippen LogP contribution in [0.25, 0.3) is 10.2 Å². The summed E-state index contributed by atoms with van der Waals surface area (Å²) in [5.74, 6) is -1.05. The summed E-state index contributed by atoms with van der Waals surface area (Å²) in [6, 6.07) is 8.96. The molecule has 0 amide bonds. The monoisotopic (exact) mass is 325 g/mol. The molecule has 0 saturated heterocycles.